The predicted octanol–water partition coefficient (Wildman–Crippen LogP) is 7.74. The standard InChI is InChI=1S/C11H22O3.C9H19NO3.2C9H18O3.C8H17NO3.3C8H16O3.C7H15NO3.2C7H15NO2.C7H14O3/c1-8(2)6-11(5,7-12)10(13)14-9(3)4;1-7(2)10(4)9(3,6-12)8(13)5-11;1-7(2)4-9(3,6-11)8(12)5-10;1-6(2)4-8(7(3)11)9(12)5-10;1-6(2)9(4)8(3,5-10)7(11)12;1-6(2)4-8(3,5-9)7(10)11;1-5(2)4-7(6(3)9)8(10)11;1-6(2)5-7(3-4-9)8(10)11;1-5(2)8(3)6(4-9)7(10)11;1-6(2)8(3)5-4-7(9)10;1-5(2)3-6(4-9)7(8)10;1-5(2)3-6(4-8)7(9)10/h8-9,12H,6-7H2,1-5H3;7,11-12H,5-6H2,1-4H3;7,10-11H,4-6H2,1-3H3;6-8,10-11H,4-5H2,1-3H3;6,10H,5H2,1-4H3,(H,11,12);6,9H,4-5H2,1-3H3,(H,10,11);5-7,9H,4H2,1-3H3,(H,10,11);6-7,9H,3-5H2,1-2H3,(H,10,11);5-6,9H,4H2,1-3H3,(H,10,11);6H,4-5H2,1-3H3,(H,9,10);5-6,9H,3-4H2,1-2H3,(H2,8,10);5-6,8H,3-4H2,1-2H3,(H,9,10)/t11-;2*9-;7-,8+;2*8-;6-,7+;7-;6-;;6-;/m000100110.0./s1. The van der Waals surface area contributed by atoms with Gasteiger partial charge in [0.05, 0.1) is 118 Å². The van der Waals surface area contributed by atoms with E-state index in [9.17, 15) is 67.7 Å². The number of rotatable bonds is 53. The molecule has 0 heterocycles. The van der Waals surface area contributed by atoms with E-state index in [1.54, 1.807) is 70.5 Å². The highest BCUT2D eigenvalue weighted by Gasteiger charge is 2.41. The number of esters is 1. The van der Waals surface area contributed by atoms with E-state index in [4.69, 9.17) is 107 Å². The third kappa shape index (κ3) is 80.7. The number of carbonyl (C=O) groups excluding carboxylic acids is 5. The van der Waals surface area contributed by atoms with Gasteiger partial charge in [-0.1, -0.05) is 118 Å². The van der Waals surface area contributed by atoms with Gasteiger partial charge < -0.3 is 123 Å². The van der Waals surface area contributed by atoms with Gasteiger partial charge in [-0.2, -0.15) is 0 Å². The molecule has 0 aromatic rings. The number of amides is 1. The van der Waals surface area contributed by atoms with Crippen molar-refractivity contribution in [3.63, 3.8) is 0 Å². The summed E-state index contributed by atoms with van der Waals surface area (Å²) in [5.74, 6) is -7.41. The smallest absolute Gasteiger partial charge is 0.326 e. The van der Waals surface area contributed by atoms with Gasteiger partial charge in [0.1, 0.15) is 36.9 Å². The lowest BCUT2D eigenvalue weighted by Gasteiger charge is -2.38. The summed E-state index contributed by atoms with van der Waals surface area (Å²) in [7, 11) is 7.05. The van der Waals surface area contributed by atoms with Gasteiger partial charge in [0, 0.05) is 43.2 Å². The molecule has 0 aliphatic carbocycles. The maximum atomic E-state index is 11.7. The number of carboxylic acids is 7. The number of aliphatic carboxylic acids is 7. The number of carbonyl (C=O) groups is 12. The number of nitrogens with zero attached hydrogens (tertiary/aromatic N) is 4. The first-order valence-corrected chi connectivity index (χ1v) is 47.4. The number of aliphatic hydroxyl groups is 14. The van der Waals surface area contributed by atoms with E-state index < -0.39 is 131 Å². The van der Waals surface area contributed by atoms with Gasteiger partial charge in [0.25, 0.3) is 0 Å². The van der Waals surface area contributed by atoms with Crippen LogP contribution in [-0.2, 0) is 62.3 Å². The van der Waals surface area contributed by atoms with E-state index in [1.165, 1.54) is 13.8 Å². The monoisotopic (exact) mass is 1990 g/mol. The van der Waals surface area contributed by atoms with Crippen LogP contribution in [0.1, 0.15) is 293 Å². The molecule has 23 N–H and O–H groups in total. The number of hydrogen-bond acceptors (Lipinski definition) is 31. The predicted molar refractivity (Wildman–Crippen MR) is 531 cm³/mol. The molecule has 0 bridgehead atoms. The van der Waals surface area contributed by atoms with Gasteiger partial charge in [0.2, 0.25) is 5.91 Å². The SMILES string of the molecule is CC(C)CC(CO)C(=O)O.CC(C)C[C@@H](CCO)C(=O)O.CC(C)C[C@@H](CO)C(N)=O.CC(C)C[C@@](C)(CO)C(=O)CO.CC(C)C[C@@](C)(CO)C(=O)O.CC(C)C[C@@](C)(CO)C(=O)OC(C)C.CC(C)C[C@H](C(=O)CO)[C@@H](C)O.CC(C)C[C@H](C(=O)O)[C@@H](C)O.CC(C)N(C)CCC(=O)O.CC(C)N(C)[C@@H](CO)C(=O)O.CC(C)N(C)[C@@](C)(CO)C(=O)CO.CC(C)N(C)[C@@](C)(CO)C(=O)O. The zero-order valence-electron chi connectivity index (χ0n) is 91.0. The minimum atomic E-state index is -1.17. The number of carboxylic acid groups (broad SMARTS) is 7. The number of ether oxygens (including phenoxy) is 1. The Morgan fingerprint density at radius 1 is 0.343 bits per heavy atom. The van der Waals surface area contributed by atoms with Crippen LogP contribution >= 0.6 is 0 Å². The van der Waals surface area contributed by atoms with Crippen LogP contribution in [0, 0.1) is 93.2 Å². The van der Waals surface area contributed by atoms with Crippen LogP contribution in [0.5, 0.6) is 0 Å². The Kier molecular flexibility index (Phi) is 96.9. The molecule has 0 saturated carbocycles. The summed E-state index contributed by atoms with van der Waals surface area (Å²) in [4.78, 5) is 136. The van der Waals surface area contributed by atoms with Crippen LogP contribution in [0.4, 0.5) is 0 Å². The van der Waals surface area contributed by atoms with Crippen LogP contribution in [0.2, 0.25) is 0 Å². The van der Waals surface area contributed by atoms with E-state index in [-0.39, 0.29) is 125 Å². The van der Waals surface area contributed by atoms with E-state index in [2.05, 4.69) is 0 Å². The highest BCUT2D eigenvalue weighted by molar-refractivity contribution is 5.89. The molecule has 1 amide bonds. The first-order chi connectivity index (χ1) is 62.1. The Labute approximate surface area is 821 Å². The molecule has 0 spiro atoms. The molecule has 137 heavy (non-hydrogen) atoms. The van der Waals surface area contributed by atoms with E-state index in [0.717, 1.165) is 0 Å². The molecular formula is C98H201N5O34. The van der Waals surface area contributed by atoms with Gasteiger partial charge in [-0.05, 0) is 244 Å². The Bertz CT molecular complexity index is 3100. The molecule has 0 aliphatic rings. The molecule has 0 saturated heterocycles. The number of primary amides is 1. The molecule has 13 atom stereocenters. The molecular weight excluding hydrogens is 1790 g/mol. The number of ketones is 3. The van der Waals surface area contributed by atoms with Gasteiger partial charge in [-0.3, -0.25) is 72.2 Å². The molecule has 822 valence electrons. The zero-order chi connectivity index (χ0) is 112. The fourth-order valence-electron chi connectivity index (χ4n) is 12.2. The lowest BCUT2D eigenvalue weighted by Crippen LogP contribution is -2.56. The van der Waals surface area contributed by atoms with Crippen molar-refractivity contribution in [2.45, 2.75) is 352 Å². The van der Waals surface area contributed by atoms with Crippen molar-refractivity contribution in [2.24, 2.45) is 98.9 Å². The lowest BCUT2D eigenvalue weighted by molar-refractivity contribution is -0.162. The van der Waals surface area contributed by atoms with E-state index in [0.29, 0.717) is 118 Å². The molecule has 0 aromatic heterocycles. The van der Waals surface area contributed by atoms with Crippen LogP contribution in [0.3, 0.4) is 0 Å². The minimum absolute atomic E-state index is 0.0380. The average Bonchev–Trinajstić information content (AvgIpc) is 0.829. The first-order valence-electron chi connectivity index (χ1n) is 47.4. The third-order valence-electron chi connectivity index (χ3n) is 21.8. The molecule has 0 fully saturated rings. The summed E-state index contributed by atoms with van der Waals surface area (Å²) in [6, 6.07) is 0.0171. The largest absolute Gasteiger partial charge is 0.481 e. The summed E-state index contributed by atoms with van der Waals surface area (Å²) in [6.45, 7) is 59.0. The second-order valence-corrected chi connectivity index (χ2v) is 40.8. The Hall–Kier alpha value is -6.48. The van der Waals surface area contributed by atoms with Crippen LogP contribution < -0.4 is 5.73 Å². The van der Waals surface area contributed by atoms with Gasteiger partial charge >= 0.3 is 47.8 Å². The third-order valence-corrected chi connectivity index (χ3v) is 21.8. The fraction of sp³-hybridized carbons (Fsp3) is 0.878. The molecule has 0 aromatic carbocycles. The second kappa shape index (κ2) is 85.1. The maximum absolute atomic E-state index is 11.7. The quantitative estimate of drug-likeness (QED) is 0.0259. The molecule has 0 rings (SSSR count). The molecule has 39 heteroatoms. The summed E-state index contributed by atoms with van der Waals surface area (Å²) in [5, 5.41) is 184. The van der Waals surface area contributed by atoms with E-state index in [1.807, 2.05) is 192 Å². The van der Waals surface area contributed by atoms with Crippen molar-refractivity contribution in [3.8, 4) is 0 Å². The first kappa shape index (κ1) is 156. The van der Waals surface area contributed by atoms with Crippen molar-refractivity contribution in [3.05, 3.63) is 0 Å². The molecule has 0 aliphatic heterocycles. The van der Waals surface area contributed by atoms with E-state index >= 15 is 0 Å². The average molecular weight is 1990 g/mol. The van der Waals surface area contributed by atoms with Crippen molar-refractivity contribution in [1.82, 2.24) is 19.6 Å². The summed E-state index contributed by atoms with van der Waals surface area (Å²) in [5.41, 5.74) is 0.378. The van der Waals surface area contributed by atoms with Crippen molar-refractivity contribution < 1.29 is 170 Å². The number of Topliss-reactive ketones (excluding diaryl/α,β-unsaturated/α-hetero) is 3. The summed E-state index contributed by atoms with van der Waals surface area (Å²) >= 11 is 0. The highest BCUT2D eigenvalue weighted by atomic mass is 16.5. The number of likely N-dealkylation sites (N-methyl/N-ethyl adjacent to an activating group) is 3. The molecule has 1 unspecified atom stereocenters. The number of nitrogens with two attached hydrogens (primary N) is 1. The Morgan fingerprint density at radius 2 is 0.679 bits per heavy atom. The summed E-state index contributed by atoms with van der Waals surface area (Å²) in [6.07, 6.45) is 3.87. The van der Waals surface area contributed by atoms with Gasteiger partial charge in [0.15, 0.2) is 17.3 Å². The van der Waals surface area contributed by atoms with Crippen molar-refractivity contribution in [1.29, 1.82) is 0 Å². The Balaban J connectivity index is -0.000000125. The molecule has 0 radical (unpaired) electrons. The molecule has 39 nitrogen and oxygen atoms in total. The number of hydrogen-bond donors (Lipinski definition) is 22. The minimum Gasteiger partial charge on any atom is -0.481 e. The lowest BCUT2D eigenvalue weighted by atomic mass is 9.79. The number of aliphatic hydroxyl groups excluding tert-OH is 14. The normalized spacial score (nSPS) is 15.1. The maximum Gasteiger partial charge on any atom is 0.326 e. The fourth-order valence-corrected chi connectivity index (χ4v) is 12.2. The summed E-state index contributed by atoms with van der Waals surface area (Å²) < 4.78 is 5.11. The van der Waals surface area contributed by atoms with Crippen LogP contribution in [-0.4, -0.2) is 371 Å². The van der Waals surface area contributed by atoms with Gasteiger partial charge in [-0.15, -0.1) is 0 Å². The highest BCUT2D eigenvalue weighted by Crippen LogP contribution is 2.30. The van der Waals surface area contributed by atoms with Crippen molar-refractivity contribution in [2.75, 3.05) is 114 Å². The van der Waals surface area contributed by atoms with Crippen LogP contribution in [0.25, 0.3) is 0 Å². The van der Waals surface area contributed by atoms with Gasteiger partial charge in [-0.25, -0.2) is 0 Å². The van der Waals surface area contributed by atoms with Crippen molar-refractivity contribution >= 4 is 71.0 Å². The van der Waals surface area contributed by atoms with Crippen LogP contribution in [0.15, 0.2) is 0 Å². The topological polar surface area (TPSA) is 678 Å². The Morgan fingerprint density at radius 3 is 0.861 bits per heavy atom. The zero-order valence-corrected chi connectivity index (χ0v) is 91.0. The second-order valence-electron chi connectivity index (χ2n) is 40.8.